The summed E-state index contributed by atoms with van der Waals surface area (Å²) >= 11 is 0. The van der Waals surface area contributed by atoms with Gasteiger partial charge in [0.1, 0.15) is 17.8 Å². The Balaban J connectivity index is 1.36. The number of nitrogens with zero attached hydrogens (tertiary/aromatic N) is 1. The zero-order valence-electron chi connectivity index (χ0n) is 31.9. The fraction of sp³-hybridized carbons (Fsp3) is 0.561. The van der Waals surface area contributed by atoms with Crippen molar-refractivity contribution in [2.75, 3.05) is 19.7 Å². The van der Waals surface area contributed by atoms with Crippen molar-refractivity contribution >= 4 is 35.3 Å². The van der Waals surface area contributed by atoms with E-state index in [2.05, 4.69) is 21.3 Å². The van der Waals surface area contributed by atoms with Gasteiger partial charge in [0.2, 0.25) is 29.4 Å². The van der Waals surface area contributed by atoms with E-state index in [9.17, 15) is 33.9 Å². The highest BCUT2D eigenvalue weighted by atomic mass is 16.5. The van der Waals surface area contributed by atoms with Crippen LogP contribution in [0, 0.1) is 5.92 Å². The number of nitrogens with one attached hydrogen (secondary N) is 4. The Morgan fingerprint density at radius 3 is 2.30 bits per heavy atom. The molecule has 294 valence electrons. The maximum atomic E-state index is 14.3. The van der Waals surface area contributed by atoms with Crippen LogP contribution in [0.1, 0.15) is 96.1 Å². The molecule has 5 amide bonds. The number of Topliss-reactive ketones (excluding diaryl/α,β-unsaturated/α-hetero) is 1. The molecule has 2 aliphatic rings. The molecule has 1 unspecified atom stereocenters. The Morgan fingerprint density at radius 2 is 1.59 bits per heavy atom. The Bertz CT molecular complexity index is 1590. The summed E-state index contributed by atoms with van der Waals surface area (Å²) in [5, 5.41) is 20.8. The van der Waals surface area contributed by atoms with Crippen molar-refractivity contribution in [3.63, 3.8) is 0 Å². The zero-order chi connectivity index (χ0) is 39.1. The highest BCUT2D eigenvalue weighted by Crippen LogP contribution is 2.30. The Morgan fingerprint density at radius 1 is 0.870 bits per heavy atom. The molecule has 4 rings (SSSR count). The van der Waals surface area contributed by atoms with Crippen molar-refractivity contribution in [2.45, 2.75) is 122 Å². The van der Waals surface area contributed by atoms with Crippen molar-refractivity contribution < 1.29 is 38.6 Å². The number of aliphatic hydroxyl groups is 1. The molecule has 2 aromatic carbocycles. The van der Waals surface area contributed by atoms with Crippen molar-refractivity contribution in [1.82, 2.24) is 26.2 Å². The topological polar surface area (TPSA) is 183 Å². The fourth-order valence-electron chi connectivity index (χ4n) is 6.99. The molecule has 0 bridgehead atoms. The molecule has 2 fully saturated rings. The fourth-order valence-corrected chi connectivity index (χ4v) is 6.99. The SMILES string of the molecule is CCCC(NC(=O)[C@@H]1CCCN1C(=O)[C@@H](NC(=O)Cc1cccc(OCCC(C)(C)O)c1)C1CCCCC1)C(=O)C(=O)NCC(=O)NCc1ccccc1. The third-order valence-electron chi connectivity index (χ3n) is 9.96. The van der Waals surface area contributed by atoms with E-state index in [1.54, 1.807) is 32.0 Å². The summed E-state index contributed by atoms with van der Waals surface area (Å²) in [6.07, 6.45) is 6.61. The first-order chi connectivity index (χ1) is 25.8. The van der Waals surface area contributed by atoms with E-state index in [0.717, 1.165) is 37.7 Å². The summed E-state index contributed by atoms with van der Waals surface area (Å²) in [7, 11) is 0. The quantitative estimate of drug-likeness (QED) is 0.136. The van der Waals surface area contributed by atoms with Crippen LogP contribution >= 0.6 is 0 Å². The predicted octanol–water partition coefficient (Wildman–Crippen LogP) is 3.11. The van der Waals surface area contributed by atoms with Crippen LogP contribution in [0.15, 0.2) is 54.6 Å². The van der Waals surface area contributed by atoms with Crippen LogP contribution in [0.5, 0.6) is 5.75 Å². The number of benzene rings is 2. The average molecular weight is 748 g/mol. The number of likely N-dealkylation sites (tertiary alicyclic amines) is 1. The monoisotopic (exact) mass is 747 g/mol. The molecular weight excluding hydrogens is 690 g/mol. The molecule has 2 aromatic rings. The van der Waals surface area contributed by atoms with Crippen molar-refractivity contribution in [1.29, 1.82) is 0 Å². The van der Waals surface area contributed by atoms with Gasteiger partial charge < -0.3 is 36.0 Å². The number of carbonyl (C=O) groups excluding carboxylic acids is 6. The summed E-state index contributed by atoms with van der Waals surface area (Å²) in [4.78, 5) is 81.3. The first-order valence-electron chi connectivity index (χ1n) is 19.3. The van der Waals surface area contributed by atoms with Gasteiger partial charge in [0.15, 0.2) is 0 Å². The van der Waals surface area contributed by atoms with Crippen LogP contribution in [0.3, 0.4) is 0 Å². The van der Waals surface area contributed by atoms with Gasteiger partial charge in [0.25, 0.3) is 5.91 Å². The summed E-state index contributed by atoms with van der Waals surface area (Å²) in [5.74, 6) is -2.98. The van der Waals surface area contributed by atoms with Gasteiger partial charge in [-0.1, -0.05) is 75.1 Å². The molecule has 0 radical (unpaired) electrons. The van der Waals surface area contributed by atoms with Gasteiger partial charge in [0.05, 0.1) is 31.2 Å². The van der Waals surface area contributed by atoms with Gasteiger partial charge in [0, 0.05) is 19.5 Å². The third kappa shape index (κ3) is 13.3. The molecule has 13 nitrogen and oxygen atoms in total. The summed E-state index contributed by atoms with van der Waals surface area (Å²) < 4.78 is 5.79. The van der Waals surface area contributed by atoms with E-state index in [1.165, 1.54) is 4.90 Å². The Hall–Kier alpha value is -4.78. The molecular formula is C41H57N5O8. The second-order valence-corrected chi connectivity index (χ2v) is 15.0. The normalized spacial score (nSPS) is 17.2. The molecule has 1 heterocycles. The second kappa shape index (κ2) is 20.6. The molecule has 13 heteroatoms. The number of hydrogen-bond acceptors (Lipinski definition) is 8. The summed E-state index contributed by atoms with van der Waals surface area (Å²) in [6.45, 7) is 5.76. The smallest absolute Gasteiger partial charge is 0.290 e. The number of carbonyl (C=O) groups is 6. The molecule has 5 N–H and O–H groups in total. The van der Waals surface area contributed by atoms with Crippen molar-refractivity contribution in [3.05, 3.63) is 65.7 Å². The van der Waals surface area contributed by atoms with E-state index in [-0.39, 0.29) is 37.1 Å². The van der Waals surface area contributed by atoms with E-state index in [1.807, 2.05) is 43.3 Å². The van der Waals surface area contributed by atoms with Crippen LogP contribution in [-0.2, 0) is 41.7 Å². The molecule has 0 aromatic heterocycles. The summed E-state index contributed by atoms with van der Waals surface area (Å²) in [6, 6.07) is 13.6. The number of rotatable bonds is 19. The van der Waals surface area contributed by atoms with Crippen LogP contribution in [0.4, 0.5) is 0 Å². The van der Waals surface area contributed by atoms with E-state index in [4.69, 9.17) is 4.74 Å². The number of hydrogen-bond donors (Lipinski definition) is 5. The van der Waals surface area contributed by atoms with Gasteiger partial charge in [-0.05, 0) is 75.1 Å². The largest absolute Gasteiger partial charge is 0.493 e. The lowest BCUT2D eigenvalue weighted by Gasteiger charge is -2.35. The van der Waals surface area contributed by atoms with Crippen LogP contribution in [0.25, 0.3) is 0 Å². The highest BCUT2D eigenvalue weighted by Gasteiger charge is 2.41. The lowest BCUT2D eigenvalue weighted by atomic mass is 9.83. The molecule has 3 atom stereocenters. The number of amides is 5. The van der Waals surface area contributed by atoms with E-state index >= 15 is 0 Å². The van der Waals surface area contributed by atoms with Crippen LogP contribution < -0.4 is 26.0 Å². The van der Waals surface area contributed by atoms with Gasteiger partial charge in [-0.2, -0.15) is 0 Å². The average Bonchev–Trinajstić information content (AvgIpc) is 3.65. The molecule has 1 saturated heterocycles. The van der Waals surface area contributed by atoms with Gasteiger partial charge >= 0.3 is 0 Å². The maximum absolute atomic E-state index is 14.3. The maximum Gasteiger partial charge on any atom is 0.290 e. The molecule has 1 aliphatic heterocycles. The molecule has 0 spiro atoms. The number of ether oxygens (including phenoxy) is 1. The Labute approximate surface area is 318 Å². The first kappa shape index (κ1) is 42.0. The van der Waals surface area contributed by atoms with E-state index < -0.39 is 53.8 Å². The predicted molar refractivity (Wildman–Crippen MR) is 203 cm³/mol. The minimum atomic E-state index is -1.13. The second-order valence-electron chi connectivity index (χ2n) is 15.0. The van der Waals surface area contributed by atoms with Gasteiger partial charge in [-0.15, -0.1) is 0 Å². The Kier molecular flexibility index (Phi) is 16.0. The third-order valence-corrected chi connectivity index (χ3v) is 9.96. The van der Waals surface area contributed by atoms with E-state index in [0.29, 0.717) is 50.1 Å². The van der Waals surface area contributed by atoms with Gasteiger partial charge in [-0.25, -0.2) is 0 Å². The lowest BCUT2D eigenvalue weighted by Crippen LogP contribution is -2.58. The van der Waals surface area contributed by atoms with Crippen molar-refractivity contribution in [3.8, 4) is 5.75 Å². The molecule has 1 aliphatic carbocycles. The first-order valence-corrected chi connectivity index (χ1v) is 19.3. The highest BCUT2D eigenvalue weighted by molar-refractivity contribution is 6.38. The molecule has 54 heavy (non-hydrogen) atoms. The lowest BCUT2D eigenvalue weighted by molar-refractivity contribution is -0.144. The van der Waals surface area contributed by atoms with Crippen molar-refractivity contribution in [2.24, 2.45) is 5.92 Å². The standard InChI is InChI=1S/C41H57N5O8/c1-4-13-32(37(49)39(51)43-27-35(48)42-26-28-14-7-5-8-15-28)44-38(50)33-20-12-22-46(33)40(52)36(30-17-9-6-10-18-30)45-34(47)25-29-16-11-19-31(24-29)54-23-21-41(2,3)53/h5,7-8,11,14-16,19,24,30,32-33,36,53H,4,6,9-10,12-13,17-18,20-23,25-27H2,1-3H3,(H,42,48)(H,43,51)(H,44,50)(H,45,47)/t32?,33-,36-/m0/s1. The molecule has 1 saturated carbocycles. The zero-order valence-corrected chi connectivity index (χ0v) is 31.9. The summed E-state index contributed by atoms with van der Waals surface area (Å²) in [5.41, 5.74) is 0.741. The minimum Gasteiger partial charge on any atom is -0.493 e. The number of ketones is 1. The van der Waals surface area contributed by atoms with Gasteiger partial charge in [-0.3, -0.25) is 28.8 Å². The minimum absolute atomic E-state index is 0.0284. The van der Waals surface area contributed by atoms with Crippen LogP contribution in [0.2, 0.25) is 0 Å². The van der Waals surface area contributed by atoms with Crippen LogP contribution in [-0.4, -0.2) is 88.7 Å².